The Labute approximate surface area is 211 Å². The number of aryl methyl sites for hydroxylation is 1. The lowest BCUT2D eigenvalue weighted by molar-refractivity contribution is -0.140. The Bertz CT molecular complexity index is 1090. The summed E-state index contributed by atoms with van der Waals surface area (Å²) in [7, 11) is -3.51. The Morgan fingerprint density at radius 1 is 1.12 bits per heavy atom. The predicted molar refractivity (Wildman–Crippen MR) is 140 cm³/mol. The van der Waals surface area contributed by atoms with Crippen LogP contribution >= 0.6 is 15.9 Å². The van der Waals surface area contributed by atoms with Gasteiger partial charge in [-0.25, -0.2) is 8.42 Å². The molecule has 0 saturated heterocycles. The molecule has 34 heavy (non-hydrogen) atoms. The van der Waals surface area contributed by atoms with Gasteiger partial charge >= 0.3 is 0 Å². The lowest BCUT2D eigenvalue weighted by Crippen LogP contribution is -2.47. The molecule has 2 amide bonds. The van der Waals surface area contributed by atoms with Crippen LogP contribution in [-0.4, -0.2) is 50.5 Å². The van der Waals surface area contributed by atoms with Crippen LogP contribution in [0.4, 0.5) is 5.69 Å². The van der Waals surface area contributed by atoms with E-state index in [4.69, 9.17) is 0 Å². The first-order valence-corrected chi connectivity index (χ1v) is 14.0. The summed E-state index contributed by atoms with van der Waals surface area (Å²) in [5.41, 5.74) is 2.43. The number of anilines is 1. The molecule has 0 saturated carbocycles. The third-order valence-corrected chi connectivity index (χ3v) is 7.09. The highest BCUT2D eigenvalue weighted by molar-refractivity contribution is 9.10. The van der Waals surface area contributed by atoms with Gasteiger partial charge in [0.15, 0.2) is 0 Å². The lowest BCUT2D eigenvalue weighted by atomic mass is 10.1. The third-order valence-electron chi connectivity index (χ3n) is 5.40. The van der Waals surface area contributed by atoms with E-state index in [1.165, 1.54) is 4.31 Å². The number of hydrogen-bond donors (Lipinski definition) is 1. The minimum absolute atomic E-state index is 0.122. The Hall–Kier alpha value is -2.39. The fourth-order valence-corrected chi connectivity index (χ4v) is 5.00. The summed E-state index contributed by atoms with van der Waals surface area (Å²) in [6.45, 7) is 6.59. The molecule has 0 radical (unpaired) electrons. The van der Waals surface area contributed by atoms with E-state index in [1.54, 1.807) is 17.9 Å². The van der Waals surface area contributed by atoms with Crippen molar-refractivity contribution in [3.63, 3.8) is 0 Å². The van der Waals surface area contributed by atoms with Crippen LogP contribution in [0, 0.1) is 6.92 Å². The van der Waals surface area contributed by atoms with Crippen molar-refractivity contribution >= 4 is 43.5 Å². The number of sulfonamides is 1. The SMILES string of the molecule is CCCNC(=O)[C@@H](C)N(Cc1cccc(Br)c1)C(=O)CCCN(c1cccc(C)c1)S(C)(=O)=O. The van der Waals surface area contributed by atoms with Gasteiger partial charge in [0.2, 0.25) is 21.8 Å². The highest BCUT2D eigenvalue weighted by Gasteiger charge is 2.26. The maximum Gasteiger partial charge on any atom is 0.242 e. The number of nitrogens with zero attached hydrogens (tertiary/aromatic N) is 2. The van der Waals surface area contributed by atoms with Gasteiger partial charge in [-0.1, -0.05) is 47.1 Å². The van der Waals surface area contributed by atoms with E-state index in [9.17, 15) is 18.0 Å². The second-order valence-corrected chi connectivity index (χ2v) is 11.2. The molecule has 0 spiro atoms. The molecule has 2 aromatic carbocycles. The van der Waals surface area contributed by atoms with Crippen molar-refractivity contribution in [3.05, 3.63) is 64.1 Å². The Kier molecular flexibility index (Phi) is 10.6. The predicted octanol–water partition coefficient (Wildman–Crippen LogP) is 4.25. The van der Waals surface area contributed by atoms with Gasteiger partial charge in [-0.15, -0.1) is 0 Å². The van der Waals surface area contributed by atoms with Crippen molar-refractivity contribution in [2.75, 3.05) is 23.7 Å². The fraction of sp³-hybridized carbons (Fsp3) is 0.440. The fourth-order valence-electron chi connectivity index (χ4n) is 3.60. The van der Waals surface area contributed by atoms with Gasteiger partial charge in [-0.2, -0.15) is 0 Å². The molecule has 7 nitrogen and oxygen atoms in total. The van der Waals surface area contributed by atoms with Crippen molar-refractivity contribution in [3.8, 4) is 0 Å². The zero-order valence-electron chi connectivity index (χ0n) is 20.3. The van der Waals surface area contributed by atoms with Crippen LogP contribution in [0.1, 0.15) is 44.2 Å². The molecule has 0 heterocycles. The maximum atomic E-state index is 13.2. The van der Waals surface area contributed by atoms with E-state index in [0.29, 0.717) is 18.7 Å². The second-order valence-electron chi connectivity index (χ2n) is 8.40. The van der Waals surface area contributed by atoms with Gasteiger partial charge in [-0.3, -0.25) is 13.9 Å². The second kappa shape index (κ2) is 12.9. The van der Waals surface area contributed by atoms with Gasteiger partial charge in [0.1, 0.15) is 6.04 Å². The van der Waals surface area contributed by atoms with Crippen LogP contribution in [0.25, 0.3) is 0 Å². The van der Waals surface area contributed by atoms with E-state index >= 15 is 0 Å². The molecule has 9 heteroatoms. The number of carbonyl (C=O) groups is 2. The van der Waals surface area contributed by atoms with Crippen molar-refractivity contribution < 1.29 is 18.0 Å². The number of benzene rings is 2. The van der Waals surface area contributed by atoms with Crippen LogP contribution in [0.2, 0.25) is 0 Å². The molecular weight excluding hydrogens is 518 g/mol. The summed E-state index contributed by atoms with van der Waals surface area (Å²) in [4.78, 5) is 27.4. The molecule has 2 rings (SSSR count). The monoisotopic (exact) mass is 551 g/mol. The van der Waals surface area contributed by atoms with Crippen LogP contribution < -0.4 is 9.62 Å². The smallest absolute Gasteiger partial charge is 0.242 e. The first kappa shape index (κ1) is 27.9. The zero-order valence-corrected chi connectivity index (χ0v) is 22.7. The molecule has 0 aliphatic heterocycles. The zero-order chi connectivity index (χ0) is 25.3. The minimum Gasteiger partial charge on any atom is -0.354 e. The Balaban J connectivity index is 2.15. The molecule has 0 aliphatic rings. The number of nitrogens with one attached hydrogen (secondary N) is 1. The van der Waals surface area contributed by atoms with Gasteiger partial charge in [0.25, 0.3) is 0 Å². The van der Waals surface area contributed by atoms with Gasteiger partial charge in [0.05, 0.1) is 11.9 Å². The summed E-state index contributed by atoms with van der Waals surface area (Å²) in [5, 5.41) is 2.86. The number of rotatable bonds is 12. The quantitative estimate of drug-likeness (QED) is 0.427. The molecule has 2 aromatic rings. The van der Waals surface area contributed by atoms with Crippen molar-refractivity contribution in [2.45, 2.75) is 52.6 Å². The summed E-state index contributed by atoms with van der Waals surface area (Å²) in [5.74, 6) is -0.403. The molecule has 0 aliphatic carbocycles. The van der Waals surface area contributed by atoms with Crippen molar-refractivity contribution in [2.24, 2.45) is 0 Å². The van der Waals surface area contributed by atoms with Gasteiger partial charge in [-0.05, 0) is 62.1 Å². The number of carbonyl (C=O) groups excluding carboxylic acids is 2. The van der Waals surface area contributed by atoms with E-state index in [2.05, 4.69) is 21.2 Å². The van der Waals surface area contributed by atoms with Crippen molar-refractivity contribution in [1.82, 2.24) is 10.2 Å². The first-order valence-electron chi connectivity index (χ1n) is 11.4. The first-order chi connectivity index (χ1) is 16.0. The van der Waals surface area contributed by atoms with Crippen LogP contribution in [-0.2, 0) is 26.2 Å². The van der Waals surface area contributed by atoms with E-state index < -0.39 is 16.1 Å². The number of hydrogen-bond acceptors (Lipinski definition) is 4. The summed E-state index contributed by atoms with van der Waals surface area (Å²) in [6, 6.07) is 14.2. The molecule has 1 atom stereocenters. The molecule has 0 fully saturated rings. The van der Waals surface area contributed by atoms with Crippen molar-refractivity contribution in [1.29, 1.82) is 0 Å². The molecule has 0 aromatic heterocycles. The van der Waals surface area contributed by atoms with Crippen LogP contribution in [0.15, 0.2) is 53.0 Å². The molecule has 0 unspecified atom stereocenters. The lowest BCUT2D eigenvalue weighted by Gasteiger charge is -2.29. The van der Waals surface area contributed by atoms with E-state index in [1.807, 2.05) is 56.3 Å². The molecule has 186 valence electrons. The maximum absolute atomic E-state index is 13.2. The summed E-state index contributed by atoms with van der Waals surface area (Å²) in [6.07, 6.45) is 2.42. The van der Waals surface area contributed by atoms with Gasteiger partial charge in [0, 0.05) is 30.5 Å². The standard InChI is InChI=1S/C25H34BrN3O4S/c1-5-14-27-25(31)20(3)28(18-21-10-7-11-22(26)17-21)24(30)13-8-15-29(34(4,32)33)23-12-6-9-19(2)16-23/h6-7,9-12,16-17,20H,5,8,13-15,18H2,1-4H3,(H,27,31)/t20-/m1/s1. The van der Waals surface area contributed by atoms with Gasteiger partial charge < -0.3 is 10.2 Å². The third kappa shape index (κ3) is 8.43. The normalized spacial score (nSPS) is 12.1. The Morgan fingerprint density at radius 3 is 2.44 bits per heavy atom. The van der Waals surface area contributed by atoms with E-state index in [0.717, 1.165) is 28.3 Å². The average Bonchev–Trinajstić information content (AvgIpc) is 2.77. The summed E-state index contributed by atoms with van der Waals surface area (Å²) >= 11 is 3.45. The van der Waals surface area contributed by atoms with E-state index in [-0.39, 0.29) is 31.3 Å². The number of amides is 2. The molecular formula is C25H34BrN3O4S. The topological polar surface area (TPSA) is 86.8 Å². The number of halogens is 1. The van der Waals surface area contributed by atoms with Crippen LogP contribution in [0.3, 0.4) is 0 Å². The largest absolute Gasteiger partial charge is 0.354 e. The molecule has 1 N–H and O–H groups in total. The highest BCUT2D eigenvalue weighted by atomic mass is 79.9. The average molecular weight is 553 g/mol. The Morgan fingerprint density at radius 2 is 1.82 bits per heavy atom. The highest BCUT2D eigenvalue weighted by Crippen LogP contribution is 2.21. The summed E-state index contributed by atoms with van der Waals surface area (Å²) < 4.78 is 27.0. The minimum atomic E-state index is -3.51. The molecule has 0 bridgehead atoms. The van der Waals surface area contributed by atoms with Crippen LogP contribution in [0.5, 0.6) is 0 Å².